The number of rotatable bonds is 3. The van der Waals surface area contributed by atoms with Crippen LogP contribution in [0.15, 0.2) is 35.3 Å². The maximum absolute atomic E-state index is 10.7. The fraction of sp³-hybridized carbons (Fsp3) is 0.500. The fourth-order valence-corrected chi connectivity index (χ4v) is 6.27. The van der Waals surface area contributed by atoms with Crippen LogP contribution in [0.5, 0.6) is 11.5 Å². The van der Waals surface area contributed by atoms with Crippen molar-refractivity contribution in [3.05, 3.63) is 46.5 Å². The third-order valence-corrected chi connectivity index (χ3v) is 7.34. The first-order valence-corrected chi connectivity index (χ1v) is 9.69. The largest absolute Gasteiger partial charge is 0.493 e. The van der Waals surface area contributed by atoms with E-state index in [1.807, 2.05) is 18.2 Å². The molecule has 1 aromatic rings. The smallest absolute Gasteiger partial charge is 0.166 e. The van der Waals surface area contributed by atoms with Gasteiger partial charge in [-0.2, -0.15) is 0 Å². The summed E-state index contributed by atoms with van der Waals surface area (Å²) in [5.41, 5.74) is 2.43. The Morgan fingerprint density at radius 1 is 1.52 bits per heavy atom. The van der Waals surface area contributed by atoms with E-state index < -0.39 is 6.10 Å². The predicted octanol–water partition coefficient (Wildman–Crippen LogP) is 2.82. The van der Waals surface area contributed by atoms with Crippen LogP contribution in [0, 0.1) is 5.92 Å². The van der Waals surface area contributed by atoms with Crippen LogP contribution in [0.1, 0.15) is 17.5 Å². The quantitative estimate of drug-likeness (QED) is 0.787. The molecule has 2 unspecified atom stereocenters. The molecule has 1 spiro atoms. The summed E-state index contributed by atoms with van der Waals surface area (Å²) in [4.78, 5) is 2.53. The van der Waals surface area contributed by atoms with Crippen LogP contribution in [0.2, 0.25) is 0 Å². The van der Waals surface area contributed by atoms with Crippen molar-refractivity contribution in [1.82, 2.24) is 4.90 Å². The second kappa shape index (κ2) is 5.35. The summed E-state index contributed by atoms with van der Waals surface area (Å²) < 4.78 is 13.1. The highest BCUT2D eigenvalue weighted by atomic mass is 79.9. The van der Waals surface area contributed by atoms with Gasteiger partial charge in [-0.05, 0) is 31.0 Å². The number of piperidine rings is 1. The van der Waals surface area contributed by atoms with E-state index in [2.05, 4.69) is 33.5 Å². The zero-order valence-corrected chi connectivity index (χ0v) is 15.8. The molecule has 4 aliphatic rings. The van der Waals surface area contributed by atoms with E-state index in [1.165, 1.54) is 11.1 Å². The molecule has 5 atom stereocenters. The average molecular weight is 404 g/mol. The second-order valence-electron chi connectivity index (χ2n) is 7.53. The van der Waals surface area contributed by atoms with Crippen LogP contribution in [0.25, 0.3) is 0 Å². The Bertz CT molecular complexity index is 792. The Morgan fingerprint density at radius 2 is 2.36 bits per heavy atom. The van der Waals surface area contributed by atoms with Gasteiger partial charge in [-0.3, -0.25) is 4.90 Å². The lowest BCUT2D eigenvalue weighted by Gasteiger charge is -2.57. The molecule has 2 aliphatic heterocycles. The number of hydrogen-bond acceptors (Lipinski definition) is 4. The number of aliphatic hydroxyl groups excluding tert-OH is 1. The maximum atomic E-state index is 10.7. The molecule has 5 rings (SSSR count). The maximum Gasteiger partial charge on any atom is 0.166 e. The molecule has 1 saturated heterocycles. The van der Waals surface area contributed by atoms with E-state index in [-0.39, 0.29) is 11.5 Å². The van der Waals surface area contributed by atoms with E-state index in [4.69, 9.17) is 9.47 Å². The minimum absolute atomic E-state index is 0.156. The normalized spacial score (nSPS) is 37.4. The third kappa shape index (κ3) is 1.84. The molecule has 1 N–H and O–H groups in total. The molecule has 1 fully saturated rings. The lowest BCUT2D eigenvalue weighted by atomic mass is 9.53. The number of methoxy groups -OCH3 is 1. The van der Waals surface area contributed by atoms with E-state index >= 15 is 0 Å². The zero-order valence-electron chi connectivity index (χ0n) is 14.2. The summed E-state index contributed by atoms with van der Waals surface area (Å²) in [6.07, 6.45) is 7.30. The molecule has 2 bridgehead atoms. The van der Waals surface area contributed by atoms with Gasteiger partial charge in [0.15, 0.2) is 11.5 Å². The Hall–Kier alpha value is -1.30. The van der Waals surface area contributed by atoms with Gasteiger partial charge in [-0.1, -0.05) is 34.2 Å². The van der Waals surface area contributed by atoms with Crippen LogP contribution in [-0.2, 0) is 11.8 Å². The monoisotopic (exact) mass is 403 g/mol. The van der Waals surface area contributed by atoms with E-state index in [1.54, 1.807) is 7.11 Å². The summed E-state index contributed by atoms with van der Waals surface area (Å²) in [6.45, 7) is 5.83. The van der Waals surface area contributed by atoms with Gasteiger partial charge in [0, 0.05) is 34.0 Å². The highest BCUT2D eigenvalue weighted by Crippen LogP contribution is 2.63. The SMILES string of the molecule is C=CCN1CCC23c4c5c(Br)cc(OC)c4O[C@H]2[C@@H](O)C=C[C@H]3C1C5. The van der Waals surface area contributed by atoms with E-state index in [0.29, 0.717) is 12.0 Å². The number of aliphatic hydroxyl groups is 1. The van der Waals surface area contributed by atoms with Gasteiger partial charge in [-0.15, -0.1) is 6.58 Å². The standard InChI is InChI=1S/C20H22BrNO3/c1-3-7-22-8-6-20-12-4-5-15(23)19(20)25-18-16(24-2)10-13(21)11(17(18)20)9-14(12)22/h3-5,10,12,14-15,19,23H,1,6-9H2,2H3/t12-,14?,15-,19-,20?/m0/s1. The highest BCUT2D eigenvalue weighted by molar-refractivity contribution is 9.10. The number of halogens is 1. The zero-order chi connectivity index (χ0) is 17.3. The number of nitrogens with zero attached hydrogens (tertiary/aromatic N) is 1. The van der Waals surface area contributed by atoms with E-state index in [9.17, 15) is 5.11 Å². The first kappa shape index (κ1) is 15.9. The van der Waals surface area contributed by atoms with Crippen LogP contribution in [0.4, 0.5) is 0 Å². The van der Waals surface area contributed by atoms with E-state index in [0.717, 1.165) is 41.9 Å². The predicted molar refractivity (Wildman–Crippen MR) is 99.3 cm³/mol. The summed E-state index contributed by atoms with van der Waals surface area (Å²) in [7, 11) is 1.68. The van der Waals surface area contributed by atoms with Crippen molar-refractivity contribution in [3.8, 4) is 11.5 Å². The van der Waals surface area contributed by atoms with Crippen LogP contribution < -0.4 is 9.47 Å². The first-order chi connectivity index (χ1) is 12.1. The molecular formula is C20H22BrNO3. The molecule has 4 nitrogen and oxygen atoms in total. The topological polar surface area (TPSA) is 41.9 Å². The van der Waals surface area contributed by atoms with Gasteiger partial charge in [-0.25, -0.2) is 0 Å². The van der Waals surface area contributed by atoms with Crippen molar-refractivity contribution in [2.45, 2.75) is 36.5 Å². The molecule has 5 heteroatoms. The van der Waals surface area contributed by atoms with Gasteiger partial charge < -0.3 is 14.6 Å². The fourth-order valence-electron chi connectivity index (χ4n) is 5.70. The molecule has 0 aromatic heterocycles. The molecule has 1 aromatic carbocycles. The van der Waals surface area contributed by atoms with Crippen LogP contribution in [-0.4, -0.2) is 48.5 Å². The van der Waals surface area contributed by atoms with Crippen molar-refractivity contribution in [1.29, 1.82) is 0 Å². The lowest BCUT2D eigenvalue weighted by Crippen LogP contribution is -2.65. The van der Waals surface area contributed by atoms with Crippen molar-refractivity contribution in [2.75, 3.05) is 20.2 Å². The Morgan fingerprint density at radius 3 is 3.12 bits per heavy atom. The molecule has 2 aliphatic carbocycles. The van der Waals surface area contributed by atoms with Gasteiger partial charge in [0.25, 0.3) is 0 Å². The third-order valence-electron chi connectivity index (χ3n) is 6.63. The summed E-state index contributed by atoms with van der Waals surface area (Å²) in [5.74, 6) is 1.95. The molecule has 132 valence electrons. The number of likely N-dealkylation sites (tertiary alicyclic amines) is 1. The minimum Gasteiger partial charge on any atom is -0.493 e. The van der Waals surface area contributed by atoms with Crippen LogP contribution in [0.3, 0.4) is 0 Å². The second-order valence-corrected chi connectivity index (χ2v) is 8.38. The Kier molecular flexibility index (Phi) is 3.41. The lowest BCUT2D eigenvalue weighted by molar-refractivity contribution is -0.0489. The molecule has 0 radical (unpaired) electrons. The van der Waals surface area contributed by atoms with Crippen molar-refractivity contribution >= 4 is 15.9 Å². The number of benzene rings is 1. The van der Waals surface area contributed by atoms with Crippen molar-refractivity contribution in [2.24, 2.45) is 5.92 Å². The molecular weight excluding hydrogens is 382 g/mol. The first-order valence-electron chi connectivity index (χ1n) is 8.89. The molecule has 0 saturated carbocycles. The van der Waals surface area contributed by atoms with Gasteiger partial charge in [0.2, 0.25) is 0 Å². The Balaban J connectivity index is 1.78. The Labute approximate surface area is 156 Å². The van der Waals surface area contributed by atoms with Gasteiger partial charge in [0.05, 0.1) is 7.11 Å². The number of hydrogen-bond donors (Lipinski definition) is 1. The van der Waals surface area contributed by atoms with Gasteiger partial charge >= 0.3 is 0 Å². The van der Waals surface area contributed by atoms with Crippen molar-refractivity contribution in [3.63, 3.8) is 0 Å². The number of ether oxygens (including phenoxy) is 2. The summed E-state index contributed by atoms with van der Waals surface area (Å²) in [5, 5.41) is 10.7. The van der Waals surface area contributed by atoms with Crippen molar-refractivity contribution < 1.29 is 14.6 Å². The van der Waals surface area contributed by atoms with Crippen LogP contribution >= 0.6 is 15.9 Å². The average Bonchev–Trinajstić information content (AvgIpc) is 2.95. The molecule has 25 heavy (non-hydrogen) atoms. The summed E-state index contributed by atoms with van der Waals surface area (Å²) in [6, 6.07) is 2.42. The molecule has 2 heterocycles. The highest BCUT2D eigenvalue weighted by Gasteiger charge is 2.64. The van der Waals surface area contributed by atoms with Gasteiger partial charge in [0.1, 0.15) is 12.2 Å². The molecule has 0 amide bonds. The minimum atomic E-state index is -0.579. The summed E-state index contributed by atoms with van der Waals surface area (Å²) >= 11 is 3.77.